The van der Waals surface area contributed by atoms with Gasteiger partial charge in [-0.2, -0.15) is 0 Å². The number of nitrogens with zero attached hydrogens (tertiary/aromatic N) is 1. The van der Waals surface area contributed by atoms with Gasteiger partial charge in [0.25, 0.3) is 0 Å². The molecule has 3 nitrogen and oxygen atoms in total. The first-order valence-corrected chi connectivity index (χ1v) is 5.94. The summed E-state index contributed by atoms with van der Waals surface area (Å²) in [5.41, 5.74) is 6.86. The lowest BCUT2D eigenvalue weighted by molar-refractivity contribution is -0.137. The van der Waals surface area contributed by atoms with Crippen molar-refractivity contribution in [3.63, 3.8) is 0 Å². The normalized spacial score (nSPS) is 25.1. The first-order valence-electron chi connectivity index (χ1n) is 5.94. The van der Waals surface area contributed by atoms with Crippen molar-refractivity contribution in [3.05, 3.63) is 35.6 Å². The van der Waals surface area contributed by atoms with Crippen LogP contribution in [0.3, 0.4) is 0 Å². The molecule has 92 valence electrons. The van der Waals surface area contributed by atoms with E-state index in [0.29, 0.717) is 19.4 Å². The van der Waals surface area contributed by atoms with Gasteiger partial charge in [-0.1, -0.05) is 12.1 Å². The van der Waals surface area contributed by atoms with Crippen molar-refractivity contribution >= 4 is 5.91 Å². The number of halogens is 1. The fourth-order valence-corrected chi connectivity index (χ4v) is 2.47. The standard InChI is InChI=1S/C13H17FN2O/c1-2-16-12(17)7-6-11(15)13(16)9-4-3-5-10(14)8-9/h3-5,8,11,13H,2,6-7,15H2,1H3. The third kappa shape index (κ3) is 2.31. The molecule has 0 radical (unpaired) electrons. The molecule has 1 aromatic carbocycles. The minimum atomic E-state index is -0.288. The van der Waals surface area contributed by atoms with Crippen LogP contribution in [-0.4, -0.2) is 23.4 Å². The number of amides is 1. The molecule has 0 spiro atoms. The molecule has 2 rings (SSSR count). The maximum Gasteiger partial charge on any atom is 0.223 e. The van der Waals surface area contributed by atoms with E-state index in [-0.39, 0.29) is 23.8 Å². The van der Waals surface area contributed by atoms with Crippen LogP contribution in [0.15, 0.2) is 24.3 Å². The maximum atomic E-state index is 13.2. The van der Waals surface area contributed by atoms with Gasteiger partial charge in [-0.05, 0) is 31.0 Å². The van der Waals surface area contributed by atoms with Gasteiger partial charge in [-0.3, -0.25) is 4.79 Å². The minimum absolute atomic E-state index is 0.100. The van der Waals surface area contributed by atoms with Gasteiger partial charge in [0, 0.05) is 19.0 Å². The lowest BCUT2D eigenvalue weighted by Gasteiger charge is -2.39. The molecular formula is C13H17FN2O. The van der Waals surface area contributed by atoms with Crippen LogP contribution in [0.1, 0.15) is 31.4 Å². The monoisotopic (exact) mass is 236 g/mol. The highest BCUT2D eigenvalue weighted by molar-refractivity contribution is 5.77. The van der Waals surface area contributed by atoms with Crippen molar-refractivity contribution in [3.8, 4) is 0 Å². The summed E-state index contributed by atoms with van der Waals surface area (Å²) in [5, 5.41) is 0. The summed E-state index contributed by atoms with van der Waals surface area (Å²) in [6.07, 6.45) is 1.15. The fraction of sp³-hybridized carbons (Fsp3) is 0.462. The van der Waals surface area contributed by atoms with Crippen molar-refractivity contribution < 1.29 is 9.18 Å². The average Bonchev–Trinajstić information content (AvgIpc) is 2.31. The Kier molecular flexibility index (Phi) is 3.43. The van der Waals surface area contributed by atoms with Crippen LogP contribution in [0.5, 0.6) is 0 Å². The Balaban J connectivity index is 2.35. The number of rotatable bonds is 2. The van der Waals surface area contributed by atoms with Crippen molar-refractivity contribution in [2.75, 3.05) is 6.54 Å². The molecule has 1 aliphatic heterocycles. The van der Waals surface area contributed by atoms with Crippen LogP contribution < -0.4 is 5.73 Å². The van der Waals surface area contributed by atoms with Gasteiger partial charge in [0.05, 0.1) is 6.04 Å². The highest BCUT2D eigenvalue weighted by Gasteiger charge is 2.33. The summed E-state index contributed by atoms with van der Waals surface area (Å²) in [4.78, 5) is 13.6. The maximum absolute atomic E-state index is 13.2. The van der Waals surface area contributed by atoms with Crippen molar-refractivity contribution in [1.29, 1.82) is 0 Å². The lowest BCUT2D eigenvalue weighted by atomic mass is 9.90. The molecule has 2 unspecified atom stereocenters. The predicted molar refractivity (Wildman–Crippen MR) is 63.7 cm³/mol. The number of likely N-dealkylation sites (tertiary alicyclic amines) is 1. The number of hydrogen-bond acceptors (Lipinski definition) is 2. The quantitative estimate of drug-likeness (QED) is 0.851. The van der Waals surface area contributed by atoms with E-state index in [9.17, 15) is 9.18 Å². The second-order valence-corrected chi connectivity index (χ2v) is 4.38. The first-order chi connectivity index (χ1) is 8.13. The van der Waals surface area contributed by atoms with Gasteiger partial charge >= 0.3 is 0 Å². The molecule has 0 aliphatic carbocycles. The summed E-state index contributed by atoms with van der Waals surface area (Å²) >= 11 is 0. The van der Waals surface area contributed by atoms with E-state index in [0.717, 1.165) is 5.56 Å². The van der Waals surface area contributed by atoms with E-state index in [1.54, 1.807) is 11.0 Å². The molecular weight excluding hydrogens is 219 g/mol. The van der Waals surface area contributed by atoms with Crippen LogP contribution in [0.4, 0.5) is 4.39 Å². The largest absolute Gasteiger partial charge is 0.334 e. The molecule has 17 heavy (non-hydrogen) atoms. The Morgan fingerprint density at radius 1 is 1.53 bits per heavy atom. The Labute approximate surface area is 100 Å². The molecule has 1 amide bonds. The topological polar surface area (TPSA) is 46.3 Å². The van der Waals surface area contributed by atoms with E-state index >= 15 is 0 Å². The molecule has 4 heteroatoms. The number of benzene rings is 1. The first kappa shape index (κ1) is 12.0. The molecule has 2 N–H and O–H groups in total. The zero-order valence-electron chi connectivity index (χ0n) is 9.90. The highest BCUT2D eigenvalue weighted by atomic mass is 19.1. The summed E-state index contributed by atoms with van der Waals surface area (Å²) in [7, 11) is 0. The molecule has 0 aromatic heterocycles. The van der Waals surface area contributed by atoms with E-state index in [1.165, 1.54) is 12.1 Å². The van der Waals surface area contributed by atoms with Crippen LogP contribution in [-0.2, 0) is 4.79 Å². The fourth-order valence-electron chi connectivity index (χ4n) is 2.47. The molecule has 0 saturated carbocycles. The Bertz CT molecular complexity index is 422. The Hall–Kier alpha value is -1.42. The highest BCUT2D eigenvalue weighted by Crippen LogP contribution is 2.30. The number of likely N-dealkylation sites (N-methyl/N-ethyl adjacent to an activating group) is 1. The van der Waals surface area contributed by atoms with E-state index in [2.05, 4.69) is 0 Å². The minimum Gasteiger partial charge on any atom is -0.334 e. The number of carbonyl (C=O) groups excluding carboxylic acids is 1. The molecule has 1 aromatic rings. The van der Waals surface area contributed by atoms with Gasteiger partial charge in [0.15, 0.2) is 0 Å². The second kappa shape index (κ2) is 4.84. The van der Waals surface area contributed by atoms with Crippen molar-refractivity contribution in [1.82, 2.24) is 4.90 Å². The van der Waals surface area contributed by atoms with Gasteiger partial charge < -0.3 is 10.6 Å². The van der Waals surface area contributed by atoms with Gasteiger partial charge in [-0.25, -0.2) is 4.39 Å². The van der Waals surface area contributed by atoms with E-state index in [4.69, 9.17) is 5.73 Å². The van der Waals surface area contributed by atoms with Crippen LogP contribution in [0.25, 0.3) is 0 Å². The molecule has 1 aliphatic rings. The average molecular weight is 236 g/mol. The summed E-state index contributed by atoms with van der Waals surface area (Å²) < 4.78 is 13.2. The number of nitrogens with two attached hydrogens (primary N) is 1. The smallest absolute Gasteiger partial charge is 0.223 e. The zero-order chi connectivity index (χ0) is 12.4. The van der Waals surface area contributed by atoms with Crippen LogP contribution >= 0.6 is 0 Å². The SMILES string of the molecule is CCN1C(=O)CCC(N)C1c1cccc(F)c1. The van der Waals surface area contributed by atoms with Crippen LogP contribution in [0, 0.1) is 5.82 Å². The summed E-state index contributed by atoms with van der Waals surface area (Å²) in [6.45, 7) is 2.52. The van der Waals surface area contributed by atoms with Crippen molar-refractivity contribution in [2.24, 2.45) is 5.73 Å². The third-order valence-corrected chi connectivity index (χ3v) is 3.28. The third-order valence-electron chi connectivity index (χ3n) is 3.28. The van der Waals surface area contributed by atoms with Crippen molar-refractivity contribution in [2.45, 2.75) is 31.8 Å². The molecule has 1 saturated heterocycles. The predicted octanol–water partition coefficient (Wildman–Crippen LogP) is 1.84. The summed E-state index contributed by atoms with van der Waals surface area (Å²) in [5.74, 6) is -0.188. The van der Waals surface area contributed by atoms with Gasteiger partial charge in [0.1, 0.15) is 5.82 Å². The van der Waals surface area contributed by atoms with Gasteiger partial charge in [0.2, 0.25) is 5.91 Å². The zero-order valence-corrected chi connectivity index (χ0v) is 9.90. The second-order valence-electron chi connectivity index (χ2n) is 4.38. The number of piperidine rings is 1. The molecule has 2 atom stereocenters. The van der Waals surface area contributed by atoms with Gasteiger partial charge in [-0.15, -0.1) is 0 Å². The number of carbonyl (C=O) groups is 1. The lowest BCUT2D eigenvalue weighted by Crippen LogP contribution is -2.48. The molecule has 0 bridgehead atoms. The molecule has 1 fully saturated rings. The number of hydrogen-bond donors (Lipinski definition) is 1. The molecule has 1 heterocycles. The van der Waals surface area contributed by atoms with E-state index in [1.807, 2.05) is 13.0 Å². The Morgan fingerprint density at radius 2 is 2.29 bits per heavy atom. The summed E-state index contributed by atoms with van der Waals surface area (Å²) in [6, 6.07) is 6.03. The Morgan fingerprint density at radius 3 is 2.94 bits per heavy atom. The van der Waals surface area contributed by atoms with Crippen LogP contribution in [0.2, 0.25) is 0 Å². The van der Waals surface area contributed by atoms with E-state index < -0.39 is 0 Å².